The average molecular weight is 466 g/mol. The van der Waals surface area contributed by atoms with Crippen molar-refractivity contribution in [3.8, 4) is 0 Å². The van der Waals surface area contributed by atoms with Gasteiger partial charge in [0.05, 0.1) is 10.6 Å². The van der Waals surface area contributed by atoms with Crippen molar-refractivity contribution in [3.63, 3.8) is 0 Å². The number of nitrogens with zero attached hydrogens (tertiary/aromatic N) is 2. The van der Waals surface area contributed by atoms with E-state index in [1.807, 2.05) is 0 Å². The van der Waals surface area contributed by atoms with Crippen LogP contribution in [0.25, 0.3) is 0 Å². The Morgan fingerprint density at radius 2 is 1.75 bits per heavy atom. The number of sulfone groups is 1. The molecule has 0 radical (unpaired) electrons. The zero-order chi connectivity index (χ0) is 20.3. The van der Waals surface area contributed by atoms with Gasteiger partial charge in [0.2, 0.25) is 15.7 Å². The summed E-state index contributed by atoms with van der Waals surface area (Å²) >= 11 is 3.22. The van der Waals surface area contributed by atoms with Crippen molar-refractivity contribution in [2.75, 3.05) is 5.32 Å². The van der Waals surface area contributed by atoms with Gasteiger partial charge in [-0.1, -0.05) is 28.1 Å². The van der Waals surface area contributed by atoms with Crippen LogP contribution >= 0.6 is 15.9 Å². The second kappa shape index (κ2) is 8.03. The van der Waals surface area contributed by atoms with Crippen molar-refractivity contribution < 1.29 is 17.6 Å². The molecule has 0 aliphatic heterocycles. The van der Waals surface area contributed by atoms with E-state index in [1.165, 1.54) is 36.4 Å². The van der Waals surface area contributed by atoms with Gasteiger partial charge in [0, 0.05) is 10.5 Å². The van der Waals surface area contributed by atoms with Crippen LogP contribution in [0.5, 0.6) is 0 Å². The minimum absolute atomic E-state index is 0.00999. The molecular weight excluding hydrogens is 453 g/mol. The number of hydrogen-bond donors (Lipinski definition) is 1. The number of halogens is 2. The lowest BCUT2D eigenvalue weighted by molar-refractivity contribution is -0.117. The van der Waals surface area contributed by atoms with Crippen molar-refractivity contribution in [1.29, 1.82) is 0 Å². The van der Waals surface area contributed by atoms with E-state index in [0.29, 0.717) is 9.15 Å². The molecule has 3 rings (SSSR count). The Hall–Kier alpha value is -2.85. The highest BCUT2D eigenvalue weighted by molar-refractivity contribution is 9.10. The summed E-state index contributed by atoms with van der Waals surface area (Å²) in [6.45, 7) is -0.573. The largest absolute Gasteiger partial charge is 0.322 e. The quantitative estimate of drug-likeness (QED) is 0.624. The molecule has 144 valence electrons. The Morgan fingerprint density at radius 3 is 2.43 bits per heavy atom. The Morgan fingerprint density at radius 1 is 1.07 bits per heavy atom. The fourth-order valence-electron chi connectivity index (χ4n) is 2.31. The molecule has 3 aromatic rings. The number of rotatable bonds is 5. The molecule has 1 heterocycles. The van der Waals surface area contributed by atoms with Crippen molar-refractivity contribution >= 4 is 37.4 Å². The van der Waals surface area contributed by atoms with E-state index in [1.54, 1.807) is 12.1 Å². The van der Waals surface area contributed by atoms with Gasteiger partial charge in [-0.05, 0) is 42.5 Å². The summed E-state index contributed by atoms with van der Waals surface area (Å²) in [6, 6.07) is 13.5. The molecule has 0 saturated heterocycles. The summed E-state index contributed by atoms with van der Waals surface area (Å²) in [5.41, 5.74) is -0.724. The Kier molecular flexibility index (Phi) is 5.71. The molecule has 2 aromatic carbocycles. The summed E-state index contributed by atoms with van der Waals surface area (Å²) < 4.78 is 40.4. The summed E-state index contributed by atoms with van der Waals surface area (Å²) in [5.74, 6) is -1.36. The van der Waals surface area contributed by atoms with E-state index in [4.69, 9.17) is 0 Å². The normalized spacial score (nSPS) is 11.2. The van der Waals surface area contributed by atoms with Crippen molar-refractivity contribution in [3.05, 3.63) is 81.3 Å². The highest BCUT2D eigenvalue weighted by Gasteiger charge is 2.21. The molecule has 0 saturated carbocycles. The first-order valence-electron chi connectivity index (χ1n) is 7.90. The van der Waals surface area contributed by atoms with Gasteiger partial charge in [0.1, 0.15) is 12.4 Å². The number of amides is 1. The summed E-state index contributed by atoms with van der Waals surface area (Å²) in [7, 11) is -3.98. The van der Waals surface area contributed by atoms with E-state index in [-0.39, 0.29) is 15.6 Å². The minimum Gasteiger partial charge on any atom is -0.322 e. The smallest absolute Gasteiger partial charge is 0.267 e. The van der Waals surface area contributed by atoms with Gasteiger partial charge >= 0.3 is 0 Å². The molecule has 28 heavy (non-hydrogen) atoms. The number of para-hydroxylation sites is 1. The number of aromatic nitrogens is 2. The summed E-state index contributed by atoms with van der Waals surface area (Å²) in [4.78, 5) is 24.1. The summed E-state index contributed by atoms with van der Waals surface area (Å²) in [5, 5.41) is 5.73. The topological polar surface area (TPSA) is 98.1 Å². The van der Waals surface area contributed by atoms with Gasteiger partial charge in [-0.3, -0.25) is 9.59 Å². The Bertz CT molecular complexity index is 1190. The lowest BCUT2D eigenvalue weighted by Gasteiger charge is -2.09. The second-order valence-corrected chi connectivity index (χ2v) is 8.47. The van der Waals surface area contributed by atoms with Crippen LogP contribution in [0.1, 0.15) is 0 Å². The van der Waals surface area contributed by atoms with Crippen LogP contribution in [0.2, 0.25) is 0 Å². The molecule has 0 spiro atoms. The molecular formula is C18H13BrFN3O4S. The molecule has 1 aromatic heterocycles. The molecule has 0 atom stereocenters. The number of nitrogens with one attached hydrogen (secondary N) is 1. The maximum absolute atomic E-state index is 13.6. The fourth-order valence-corrected chi connectivity index (χ4v) is 3.76. The first-order chi connectivity index (χ1) is 13.3. The molecule has 0 bridgehead atoms. The van der Waals surface area contributed by atoms with E-state index in [9.17, 15) is 22.4 Å². The van der Waals surface area contributed by atoms with Crippen LogP contribution in [0.15, 0.2) is 79.9 Å². The predicted octanol–water partition coefficient (Wildman–Crippen LogP) is 2.62. The van der Waals surface area contributed by atoms with Crippen molar-refractivity contribution in [2.24, 2.45) is 0 Å². The highest BCUT2D eigenvalue weighted by atomic mass is 79.9. The number of hydrogen-bond acceptors (Lipinski definition) is 5. The number of carbonyl (C=O) groups is 1. The van der Waals surface area contributed by atoms with Crippen LogP contribution in [-0.2, 0) is 21.2 Å². The maximum atomic E-state index is 13.6. The second-order valence-electron chi connectivity index (χ2n) is 5.65. The third-order valence-electron chi connectivity index (χ3n) is 3.68. The van der Waals surface area contributed by atoms with Crippen molar-refractivity contribution in [1.82, 2.24) is 9.78 Å². The average Bonchev–Trinajstić information content (AvgIpc) is 2.65. The zero-order valence-electron chi connectivity index (χ0n) is 14.2. The number of benzene rings is 2. The SMILES string of the molecule is O=C(Cn1nc(S(=O)(=O)c2ccc(Br)cc2)ccc1=O)Nc1ccccc1F. The lowest BCUT2D eigenvalue weighted by Crippen LogP contribution is -2.30. The predicted molar refractivity (Wildman–Crippen MR) is 103 cm³/mol. The Balaban J connectivity index is 1.87. The lowest BCUT2D eigenvalue weighted by atomic mass is 10.3. The van der Waals surface area contributed by atoms with Gasteiger partial charge in [-0.2, -0.15) is 5.10 Å². The maximum Gasteiger partial charge on any atom is 0.267 e. The van der Waals surface area contributed by atoms with Gasteiger partial charge in [-0.15, -0.1) is 0 Å². The molecule has 0 aliphatic carbocycles. The molecule has 1 amide bonds. The fraction of sp³-hybridized carbons (Fsp3) is 0.0556. The van der Waals surface area contributed by atoms with E-state index in [2.05, 4.69) is 26.3 Å². The molecule has 0 unspecified atom stereocenters. The van der Waals surface area contributed by atoms with Crippen molar-refractivity contribution in [2.45, 2.75) is 16.5 Å². The third-order valence-corrected chi connectivity index (χ3v) is 5.87. The Labute approximate surface area is 167 Å². The van der Waals surface area contributed by atoms with E-state index in [0.717, 1.165) is 12.1 Å². The van der Waals surface area contributed by atoms with Crippen LogP contribution in [-0.4, -0.2) is 24.1 Å². The first kappa shape index (κ1) is 19.9. The third kappa shape index (κ3) is 4.34. The minimum atomic E-state index is -3.98. The first-order valence-corrected chi connectivity index (χ1v) is 10.2. The van der Waals surface area contributed by atoms with E-state index >= 15 is 0 Å². The standard InChI is InChI=1S/C18H13BrFN3O4S/c19-12-5-7-13(8-6-12)28(26,27)17-9-10-18(25)23(22-17)11-16(24)21-15-4-2-1-3-14(15)20/h1-10H,11H2,(H,21,24). The molecule has 7 nitrogen and oxygen atoms in total. The van der Waals surface area contributed by atoms with Crippen LogP contribution < -0.4 is 10.9 Å². The van der Waals surface area contributed by atoms with Gasteiger partial charge in [0.15, 0.2) is 5.03 Å². The van der Waals surface area contributed by atoms with E-state index < -0.39 is 33.7 Å². The zero-order valence-corrected chi connectivity index (χ0v) is 16.6. The van der Waals surface area contributed by atoms with Gasteiger partial charge in [0.25, 0.3) is 5.56 Å². The van der Waals surface area contributed by atoms with Gasteiger partial charge < -0.3 is 5.32 Å². The molecule has 0 aliphatic rings. The van der Waals surface area contributed by atoms with Gasteiger partial charge in [-0.25, -0.2) is 17.5 Å². The molecule has 10 heteroatoms. The molecule has 1 N–H and O–H groups in total. The number of carbonyl (C=O) groups excluding carboxylic acids is 1. The molecule has 0 fully saturated rings. The van der Waals surface area contributed by atoms with Crippen LogP contribution in [0.3, 0.4) is 0 Å². The van der Waals surface area contributed by atoms with Crippen LogP contribution in [0, 0.1) is 5.82 Å². The highest BCUT2D eigenvalue weighted by Crippen LogP contribution is 2.20. The van der Waals surface area contributed by atoms with Crippen LogP contribution in [0.4, 0.5) is 10.1 Å². The summed E-state index contributed by atoms with van der Waals surface area (Å²) in [6.07, 6.45) is 0. The monoisotopic (exact) mass is 465 g/mol. The number of anilines is 1.